The van der Waals surface area contributed by atoms with Crippen LogP contribution in [0.3, 0.4) is 0 Å². The van der Waals surface area contributed by atoms with Crippen LogP contribution in [0.15, 0.2) is 46.4 Å². The summed E-state index contributed by atoms with van der Waals surface area (Å²) < 4.78 is 5.63. The van der Waals surface area contributed by atoms with E-state index in [0.717, 1.165) is 5.56 Å². The highest BCUT2D eigenvalue weighted by Crippen LogP contribution is 2.25. The maximum absolute atomic E-state index is 11.8. The fraction of sp³-hybridized carbons (Fsp3) is 0.125. The summed E-state index contributed by atoms with van der Waals surface area (Å²) >= 11 is 5.94. The van der Waals surface area contributed by atoms with Gasteiger partial charge in [-0.2, -0.15) is 5.26 Å². The predicted octanol–water partition coefficient (Wildman–Crippen LogP) is 3.60. The zero-order chi connectivity index (χ0) is 15.4. The van der Waals surface area contributed by atoms with Gasteiger partial charge in [-0.1, -0.05) is 23.7 Å². The second-order valence-corrected chi connectivity index (χ2v) is 5.02. The number of carbonyl (C=O) groups excluding carboxylic acids is 1. The molecule has 4 nitrogen and oxygen atoms in total. The van der Waals surface area contributed by atoms with E-state index in [0.29, 0.717) is 16.5 Å². The number of hydrogen-bond donors (Lipinski definition) is 0. The normalized spacial score (nSPS) is 11.0. The molecule has 1 amide bonds. The monoisotopic (exact) mass is 300 g/mol. The maximum Gasteiger partial charge on any atom is 0.264 e. The van der Waals surface area contributed by atoms with Crippen molar-refractivity contribution in [3.63, 3.8) is 0 Å². The quantitative estimate of drug-likeness (QED) is 0.643. The first-order valence-corrected chi connectivity index (χ1v) is 6.58. The van der Waals surface area contributed by atoms with E-state index in [1.54, 1.807) is 38.4 Å². The molecule has 21 heavy (non-hydrogen) atoms. The molecule has 2 aromatic rings. The summed E-state index contributed by atoms with van der Waals surface area (Å²) in [4.78, 5) is 13.1. The molecule has 0 saturated carbocycles. The van der Waals surface area contributed by atoms with Gasteiger partial charge in [0.1, 0.15) is 23.2 Å². The van der Waals surface area contributed by atoms with Crippen LogP contribution in [0.1, 0.15) is 5.76 Å². The first-order valence-electron chi connectivity index (χ1n) is 6.20. The van der Waals surface area contributed by atoms with Crippen molar-refractivity contribution in [2.75, 3.05) is 14.1 Å². The van der Waals surface area contributed by atoms with Gasteiger partial charge in [-0.3, -0.25) is 4.79 Å². The lowest BCUT2D eigenvalue weighted by Gasteiger charge is -2.07. The molecule has 0 N–H and O–H groups in total. The lowest BCUT2D eigenvalue weighted by Crippen LogP contribution is -2.22. The summed E-state index contributed by atoms with van der Waals surface area (Å²) in [5, 5.41) is 9.65. The Kier molecular flexibility index (Phi) is 4.46. The third-order valence-corrected chi connectivity index (χ3v) is 3.01. The van der Waals surface area contributed by atoms with Crippen LogP contribution in [0.4, 0.5) is 0 Å². The number of halogens is 1. The molecule has 1 aromatic carbocycles. The van der Waals surface area contributed by atoms with Gasteiger partial charge in [0.25, 0.3) is 5.91 Å². The number of hydrogen-bond acceptors (Lipinski definition) is 3. The number of furan rings is 1. The summed E-state index contributed by atoms with van der Waals surface area (Å²) in [5.41, 5.74) is 0.853. The van der Waals surface area contributed by atoms with E-state index in [4.69, 9.17) is 21.3 Å². The number of rotatable bonds is 3. The minimum Gasteiger partial charge on any atom is -0.457 e. The van der Waals surface area contributed by atoms with Gasteiger partial charge in [-0.05, 0) is 24.3 Å². The second-order valence-electron chi connectivity index (χ2n) is 4.58. The molecule has 1 heterocycles. The van der Waals surface area contributed by atoms with Crippen molar-refractivity contribution in [2.24, 2.45) is 0 Å². The van der Waals surface area contributed by atoms with Gasteiger partial charge >= 0.3 is 0 Å². The van der Waals surface area contributed by atoms with E-state index >= 15 is 0 Å². The Labute approximate surface area is 127 Å². The molecule has 0 aliphatic carbocycles. The van der Waals surface area contributed by atoms with Crippen LogP contribution in [-0.4, -0.2) is 24.9 Å². The number of nitrogens with zero attached hydrogens (tertiary/aromatic N) is 2. The van der Waals surface area contributed by atoms with Crippen molar-refractivity contribution >= 4 is 23.6 Å². The van der Waals surface area contributed by atoms with Gasteiger partial charge in [0.2, 0.25) is 0 Å². The van der Waals surface area contributed by atoms with Crippen molar-refractivity contribution in [3.8, 4) is 17.4 Å². The van der Waals surface area contributed by atoms with Crippen molar-refractivity contribution in [1.29, 1.82) is 5.26 Å². The minimum atomic E-state index is -0.363. The first kappa shape index (κ1) is 14.9. The topological polar surface area (TPSA) is 57.2 Å². The van der Waals surface area contributed by atoms with Crippen LogP contribution < -0.4 is 0 Å². The Bertz CT molecular complexity index is 739. The summed E-state index contributed by atoms with van der Waals surface area (Å²) in [5.74, 6) is 0.702. The molecule has 0 aliphatic rings. The van der Waals surface area contributed by atoms with Crippen molar-refractivity contribution < 1.29 is 9.21 Å². The van der Waals surface area contributed by atoms with Crippen LogP contribution in [0.5, 0.6) is 0 Å². The SMILES string of the molecule is CN(C)C(=O)/C(C#N)=C\c1ccc(-c2cccc(Cl)c2)o1. The van der Waals surface area contributed by atoms with Gasteiger partial charge in [-0.15, -0.1) is 0 Å². The fourth-order valence-electron chi connectivity index (χ4n) is 1.75. The number of amides is 1. The van der Waals surface area contributed by atoms with Gasteiger partial charge in [0.15, 0.2) is 0 Å². The molecule has 0 atom stereocenters. The highest BCUT2D eigenvalue weighted by molar-refractivity contribution is 6.30. The molecule has 0 saturated heterocycles. The van der Waals surface area contributed by atoms with E-state index in [1.165, 1.54) is 11.0 Å². The van der Waals surface area contributed by atoms with E-state index in [-0.39, 0.29) is 11.5 Å². The molecule has 0 aliphatic heterocycles. The number of carbonyl (C=O) groups is 1. The van der Waals surface area contributed by atoms with Gasteiger partial charge in [0.05, 0.1) is 0 Å². The summed E-state index contributed by atoms with van der Waals surface area (Å²) in [6.07, 6.45) is 1.43. The average molecular weight is 301 g/mol. The average Bonchev–Trinajstić information content (AvgIpc) is 2.92. The van der Waals surface area contributed by atoms with E-state index in [2.05, 4.69) is 0 Å². The van der Waals surface area contributed by atoms with Crippen LogP contribution in [-0.2, 0) is 4.79 Å². The van der Waals surface area contributed by atoms with E-state index in [1.807, 2.05) is 18.2 Å². The molecule has 0 fully saturated rings. The Hall–Kier alpha value is -2.51. The first-order chi connectivity index (χ1) is 10.0. The molecule has 0 radical (unpaired) electrons. The Balaban J connectivity index is 2.32. The standard InChI is InChI=1S/C16H13ClN2O2/c1-19(2)16(20)12(10-18)9-14-6-7-15(21-14)11-4-3-5-13(17)8-11/h3-9H,1-2H3/b12-9-. The predicted molar refractivity (Wildman–Crippen MR) is 81.4 cm³/mol. The largest absolute Gasteiger partial charge is 0.457 e. The third kappa shape index (κ3) is 3.53. The fourth-order valence-corrected chi connectivity index (χ4v) is 1.94. The van der Waals surface area contributed by atoms with Crippen molar-refractivity contribution in [3.05, 3.63) is 52.8 Å². The van der Waals surface area contributed by atoms with E-state index < -0.39 is 0 Å². The Morgan fingerprint density at radius 1 is 1.33 bits per heavy atom. The highest BCUT2D eigenvalue weighted by Gasteiger charge is 2.12. The Morgan fingerprint density at radius 3 is 2.71 bits per heavy atom. The lowest BCUT2D eigenvalue weighted by molar-refractivity contribution is -0.124. The molecule has 0 spiro atoms. The molecule has 5 heteroatoms. The summed E-state index contributed by atoms with van der Waals surface area (Å²) in [6, 6.07) is 12.6. The molecule has 0 bridgehead atoms. The van der Waals surface area contributed by atoms with Crippen LogP contribution >= 0.6 is 11.6 Å². The molecular weight excluding hydrogens is 288 g/mol. The summed E-state index contributed by atoms with van der Waals surface area (Å²) in [6.45, 7) is 0. The smallest absolute Gasteiger partial charge is 0.264 e. The second kappa shape index (κ2) is 6.29. The summed E-state index contributed by atoms with van der Waals surface area (Å²) in [7, 11) is 3.18. The third-order valence-electron chi connectivity index (χ3n) is 2.78. The maximum atomic E-state index is 11.8. The van der Waals surface area contributed by atoms with E-state index in [9.17, 15) is 4.79 Å². The van der Waals surface area contributed by atoms with Gasteiger partial charge in [0, 0.05) is 30.8 Å². The van der Waals surface area contributed by atoms with Crippen molar-refractivity contribution in [1.82, 2.24) is 4.90 Å². The lowest BCUT2D eigenvalue weighted by atomic mass is 10.2. The minimum absolute atomic E-state index is 0.0204. The van der Waals surface area contributed by atoms with Crippen LogP contribution in [0.2, 0.25) is 5.02 Å². The number of benzene rings is 1. The number of likely N-dealkylation sites (N-methyl/N-ethyl adjacent to an activating group) is 1. The zero-order valence-corrected chi connectivity index (χ0v) is 12.4. The Morgan fingerprint density at radius 2 is 2.10 bits per heavy atom. The highest BCUT2D eigenvalue weighted by atomic mass is 35.5. The van der Waals surface area contributed by atoms with Gasteiger partial charge in [-0.25, -0.2) is 0 Å². The molecular formula is C16H13ClN2O2. The molecule has 1 aromatic heterocycles. The zero-order valence-electron chi connectivity index (χ0n) is 11.6. The van der Waals surface area contributed by atoms with Crippen LogP contribution in [0, 0.1) is 11.3 Å². The number of nitriles is 1. The molecule has 106 valence electrons. The molecule has 2 rings (SSSR count). The molecule has 0 unspecified atom stereocenters. The van der Waals surface area contributed by atoms with Crippen molar-refractivity contribution in [2.45, 2.75) is 0 Å². The van der Waals surface area contributed by atoms with Gasteiger partial charge < -0.3 is 9.32 Å². The van der Waals surface area contributed by atoms with Crippen LogP contribution in [0.25, 0.3) is 17.4 Å².